The molecule has 0 bridgehead atoms. The number of benzene rings is 1. The van der Waals surface area contributed by atoms with Crippen molar-refractivity contribution in [2.24, 2.45) is 5.14 Å². The van der Waals surface area contributed by atoms with Crippen LogP contribution in [0.5, 0.6) is 0 Å². The van der Waals surface area contributed by atoms with Crippen molar-refractivity contribution in [1.82, 2.24) is 14.9 Å². The van der Waals surface area contributed by atoms with Crippen molar-refractivity contribution in [3.05, 3.63) is 51.9 Å². The molecule has 1 aliphatic heterocycles. The zero-order valence-electron chi connectivity index (χ0n) is 14.1. The smallest absolute Gasteiger partial charge is 0.254 e. The number of H-pyrrole nitrogens is 1. The monoisotopic (exact) mass is 376 g/mol. The van der Waals surface area contributed by atoms with Crippen LogP contribution in [-0.4, -0.2) is 41.5 Å². The first kappa shape index (κ1) is 18.3. The van der Waals surface area contributed by atoms with Crippen molar-refractivity contribution in [3.63, 3.8) is 0 Å². The number of aromatic amines is 1. The topological polar surface area (TPSA) is 126 Å². The summed E-state index contributed by atoms with van der Waals surface area (Å²) in [6, 6.07) is 9.29. The summed E-state index contributed by atoms with van der Waals surface area (Å²) in [6.45, 7) is 0.657. The van der Waals surface area contributed by atoms with Crippen LogP contribution < -0.4 is 10.7 Å². The molecule has 138 valence electrons. The highest BCUT2D eigenvalue weighted by Gasteiger charge is 2.24. The van der Waals surface area contributed by atoms with E-state index in [0.717, 1.165) is 5.56 Å². The second-order valence-corrected chi connectivity index (χ2v) is 7.98. The van der Waals surface area contributed by atoms with Crippen LogP contribution in [0.4, 0.5) is 0 Å². The Kier molecular flexibility index (Phi) is 5.19. The van der Waals surface area contributed by atoms with Crippen LogP contribution >= 0.6 is 0 Å². The summed E-state index contributed by atoms with van der Waals surface area (Å²) in [5, 5.41) is 4.95. The normalized spacial score (nSPS) is 14.1. The van der Waals surface area contributed by atoms with Gasteiger partial charge in [0.15, 0.2) is 0 Å². The fraction of sp³-hybridized carbons (Fsp3) is 0.353. The Balaban J connectivity index is 1.76. The van der Waals surface area contributed by atoms with E-state index in [0.29, 0.717) is 30.0 Å². The van der Waals surface area contributed by atoms with Gasteiger partial charge in [0.1, 0.15) is 5.82 Å². The second-order valence-electron chi connectivity index (χ2n) is 6.24. The third-order valence-electron chi connectivity index (χ3n) is 4.29. The minimum absolute atomic E-state index is 0.0977. The third-order valence-corrected chi connectivity index (χ3v) is 5.15. The van der Waals surface area contributed by atoms with Crippen molar-refractivity contribution in [1.29, 1.82) is 0 Å². The number of nitrogens with two attached hydrogens (primary N) is 1. The minimum Gasteiger partial charge on any atom is -0.336 e. The molecule has 1 aliphatic rings. The number of aromatic nitrogens is 2. The number of amides is 1. The molecule has 9 heteroatoms. The van der Waals surface area contributed by atoms with E-state index in [9.17, 15) is 18.0 Å². The first-order chi connectivity index (χ1) is 12.3. The van der Waals surface area contributed by atoms with Crippen molar-refractivity contribution in [2.75, 3.05) is 12.3 Å². The van der Waals surface area contributed by atoms with E-state index in [-0.39, 0.29) is 36.6 Å². The molecule has 0 saturated heterocycles. The molecule has 1 amide bonds. The number of hydrogen-bond donors (Lipinski definition) is 2. The summed E-state index contributed by atoms with van der Waals surface area (Å²) in [4.78, 5) is 33.6. The molecule has 0 radical (unpaired) electrons. The van der Waals surface area contributed by atoms with Gasteiger partial charge in [0.2, 0.25) is 15.9 Å². The van der Waals surface area contributed by atoms with E-state index < -0.39 is 10.0 Å². The molecule has 1 aromatic carbocycles. The maximum absolute atomic E-state index is 12.3. The SMILES string of the molecule is NS(=O)(=O)CCCC(=O)N1CCc2c(nc(-c3ccccc3)[nH]c2=O)C1. The average molecular weight is 376 g/mol. The Hall–Kier alpha value is -2.52. The highest BCUT2D eigenvalue weighted by molar-refractivity contribution is 7.89. The van der Waals surface area contributed by atoms with E-state index in [1.807, 2.05) is 30.3 Å². The molecule has 0 fully saturated rings. The maximum Gasteiger partial charge on any atom is 0.254 e. The molecule has 0 atom stereocenters. The first-order valence-electron chi connectivity index (χ1n) is 8.29. The summed E-state index contributed by atoms with van der Waals surface area (Å²) in [5.74, 6) is 0.0831. The highest BCUT2D eigenvalue weighted by atomic mass is 32.2. The Morgan fingerprint density at radius 1 is 1.27 bits per heavy atom. The zero-order chi connectivity index (χ0) is 18.7. The predicted molar refractivity (Wildman–Crippen MR) is 96.6 cm³/mol. The molecule has 26 heavy (non-hydrogen) atoms. The van der Waals surface area contributed by atoms with Gasteiger partial charge in [0, 0.05) is 24.1 Å². The van der Waals surface area contributed by atoms with Crippen LogP contribution in [0.15, 0.2) is 35.1 Å². The van der Waals surface area contributed by atoms with Gasteiger partial charge in [-0.2, -0.15) is 0 Å². The number of nitrogens with zero attached hydrogens (tertiary/aromatic N) is 2. The van der Waals surface area contributed by atoms with E-state index in [1.54, 1.807) is 4.90 Å². The molecule has 3 N–H and O–H groups in total. The van der Waals surface area contributed by atoms with Crippen molar-refractivity contribution in [2.45, 2.75) is 25.8 Å². The zero-order valence-corrected chi connectivity index (χ0v) is 15.0. The van der Waals surface area contributed by atoms with Gasteiger partial charge >= 0.3 is 0 Å². The van der Waals surface area contributed by atoms with Gasteiger partial charge < -0.3 is 9.88 Å². The number of fused-ring (bicyclic) bond motifs is 1. The molecule has 0 saturated carbocycles. The molecule has 8 nitrogen and oxygen atoms in total. The van der Waals surface area contributed by atoms with Crippen LogP contribution in [0.25, 0.3) is 11.4 Å². The summed E-state index contributed by atoms with van der Waals surface area (Å²) < 4.78 is 21.9. The number of nitrogens with one attached hydrogen (secondary N) is 1. The van der Waals surface area contributed by atoms with E-state index >= 15 is 0 Å². The quantitative estimate of drug-likeness (QED) is 0.781. The Morgan fingerprint density at radius 2 is 2.00 bits per heavy atom. The molecule has 0 unspecified atom stereocenters. The van der Waals surface area contributed by atoms with Gasteiger partial charge in [-0.1, -0.05) is 30.3 Å². The standard InChI is InChI=1S/C17H20N4O4S/c18-26(24,25)10-4-7-15(22)21-9-8-13-14(11-21)19-16(20-17(13)23)12-5-2-1-3-6-12/h1-3,5-6H,4,7-11H2,(H2,18,24,25)(H,19,20,23). The lowest BCUT2D eigenvalue weighted by Crippen LogP contribution is -2.39. The molecular weight excluding hydrogens is 356 g/mol. The van der Waals surface area contributed by atoms with E-state index in [4.69, 9.17) is 5.14 Å². The number of sulfonamides is 1. The maximum atomic E-state index is 12.3. The summed E-state index contributed by atoms with van der Waals surface area (Å²) in [6.07, 6.45) is 0.702. The third kappa shape index (κ3) is 4.36. The van der Waals surface area contributed by atoms with Gasteiger partial charge in [-0.25, -0.2) is 18.5 Å². The number of hydrogen-bond acceptors (Lipinski definition) is 5. The summed E-state index contributed by atoms with van der Waals surface area (Å²) in [5.41, 5.74) is 1.79. The number of primary sulfonamides is 1. The average Bonchev–Trinajstić information content (AvgIpc) is 2.60. The molecule has 1 aromatic heterocycles. The predicted octanol–water partition coefficient (Wildman–Crippen LogP) is 0.390. The Bertz CT molecular complexity index is 970. The van der Waals surface area contributed by atoms with Gasteiger partial charge in [0.25, 0.3) is 5.56 Å². The highest BCUT2D eigenvalue weighted by Crippen LogP contribution is 2.19. The molecule has 2 heterocycles. The largest absolute Gasteiger partial charge is 0.336 e. The van der Waals surface area contributed by atoms with Gasteiger partial charge in [0.05, 0.1) is 18.0 Å². The number of carbonyl (C=O) groups is 1. The van der Waals surface area contributed by atoms with Crippen molar-refractivity contribution < 1.29 is 13.2 Å². The van der Waals surface area contributed by atoms with Gasteiger partial charge in [-0.3, -0.25) is 9.59 Å². The van der Waals surface area contributed by atoms with Gasteiger partial charge in [-0.05, 0) is 12.8 Å². The van der Waals surface area contributed by atoms with Crippen LogP contribution in [-0.2, 0) is 27.8 Å². The van der Waals surface area contributed by atoms with E-state index in [2.05, 4.69) is 9.97 Å². The van der Waals surface area contributed by atoms with Crippen LogP contribution in [0.3, 0.4) is 0 Å². The lowest BCUT2D eigenvalue weighted by atomic mass is 10.1. The molecular formula is C17H20N4O4S. The minimum atomic E-state index is -3.57. The second kappa shape index (κ2) is 7.38. The summed E-state index contributed by atoms with van der Waals surface area (Å²) in [7, 11) is -3.57. The fourth-order valence-electron chi connectivity index (χ4n) is 2.97. The number of rotatable bonds is 5. The molecule has 0 aliphatic carbocycles. The fourth-order valence-corrected chi connectivity index (χ4v) is 3.51. The van der Waals surface area contributed by atoms with E-state index in [1.165, 1.54) is 0 Å². The Morgan fingerprint density at radius 3 is 2.69 bits per heavy atom. The van der Waals surface area contributed by atoms with Crippen LogP contribution in [0, 0.1) is 0 Å². The number of carbonyl (C=O) groups excluding carboxylic acids is 1. The lowest BCUT2D eigenvalue weighted by Gasteiger charge is -2.28. The summed E-state index contributed by atoms with van der Waals surface area (Å²) >= 11 is 0. The lowest BCUT2D eigenvalue weighted by molar-refractivity contribution is -0.132. The van der Waals surface area contributed by atoms with Crippen LogP contribution in [0.2, 0.25) is 0 Å². The molecule has 3 rings (SSSR count). The first-order valence-corrected chi connectivity index (χ1v) is 10.0. The molecule has 0 spiro atoms. The molecule has 2 aromatic rings. The van der Waals surface area contributed by atoms with Crippen LogP contribution in [0.1, 0.15) is 24.1 Å². The van der Waals surface area contributed by atoms with Crippen molar-refractivity contribution in [3.8, 4) is 11.4 Å². The Labute approximate surface area is 151 Å². The van der Waals surface area contributed by atoms with Gasteiger partial charge in [-0.15, -0.1) is 0 Å². The van der Waals surface area contributed by atoms with Crippen molar-refractivity contribution >= 4 is 15.9 Å².